The fourth-order valence-electron chi connectivity index (χ4n) is 7.62. The number of para-hydroxylation sites is 3. The molecule has 0 bridgehead atoms. The summed E-state index contributed by atoms with van der Waals surface area (Å²) in [5.74, 6) is 1.63. The van der Waals surface area contributed by atoms with Crippen LogP contribution in [0.25, 0.3) is 38.8 Å². The van der Waals surface area contributed by atoms with Gasteiger partial charge in [-0.15, -0.1) is 11.5 Å². The van der Waals surface area contributed by atoms with Gasteiger partial charge < -0.3 is 14.4 Å². The summed E-state index contributed by atoms with van der Waals surface area (Å²) in [6.07, 6.45) is 1.94. The molecule has 1 aliphatic heterocycles. The van der Waals surface area contributed by atoms with Crippen molar-refractivity contribution < 1.29 is 25.2 Å². The van der Waals surface area contributed by atoms with Gasteiger partial charge in [0, 0.05) is 22.8 Å². The van der Waals surface area contributed by atoms with Gasteiger partial charge in [0.2, 0.25) is 0 Å². The molecule has 0 aliphatic carbocycles. The zero-order valence-corrected chi connectivity index (χ0v) is 33.2. The number of hydrogen-bond acceptors (Lipinski definition) is 3. The molecule has 6 heteroatoms. The third-order valence-corrected chi connectivity index (χ3v) is 13.7. The minimum atomic E-state index is -2.37. The molecular weight excluding hydrogens is 820 g/mol. The first kappa shape index (κ1) is 31.3. The van der Waals surface area contributed by atoms with Crippen LogP contribution in [-0.2, 0) is 21.1 Å². The van der Waals surface area contributed by atoms with Crippen LogP contribution in [0, 0.1) is 12.1 Å². The first-order valence-electron chi connectivity index (χ1n) is 19.1. The van der Waals surface area contributed by atoms with Crippen LogP contribution in [0.15, 0.2) is 115 Å². The Morgan fingerprint density at radius 3 is 2.16 bits per heavy atom. The third-order valence-electron chi connectivity index (χ3n) is 10.4. The predicted molar refractivity (Wildman–Crippen MR) is 215 cm³/mol. The standard InChI is InChI=1S/C45H44N4Si.Pt/c1-30(2)36-17-13-18-37(31(3)4)45(36)32-24-25-46-44(26-32)49-40-19-9-8-16-38(40)39-23-22-35(28-43(39)49)50(6,7)34-15-12-14-33(27-34)48-29-47(5)41-20-10-11-21-42(41)48;/h8-26,30-31H,29H2,1-7H3;/q-2;+2/i5D3;. The van der Waals surface area contributed by atoms with Gasteiger partial charge in [-0.25, -0.2) is 4.98 Å². The van der Waals surface area contributed by atoms with E-state index in [4.69, 9.17) is 9.10 Å². The topological polar surface area (TPSA) is 24.3 Å². The van der Waals surface area contributed by atoms with Gasteiger partial charge in [0.15, 0.2) is 0 Å². The second kappa shape index (κ2) is 13.6. The number of hydrogen-bond donors (Lipinski definition) is 0. The van der Waals surface area contributed by atoms with Gasteiger partial charge in [0.25, 0.3) is 0 Å². The summed E-state index contributed by atoms with van der Waals surface area (Å²) in [6, 6.07) is 45.8. The van der Waals surface area contributed by atoms with Crippen molar-refractivity contribution in [3.05, 3.63) is 139 Å². The van der Waals surface area contributed by atoms with E-state index in [0.29, 0.717) is 17.5 Å². The van der Waals surface area contributed by atoms with E-state index < -0.39 is 15.0 Å². The normalized spacial score (nSPS) is 14.2. The van der Waals surface area contributed by atoms with Gasteiger partial charge in [0.05, 0.1) is 26.1 Å². The number of pyridine rings is 1. The Kier molecular flexibility index (Phi) is 8.35. The second-order valence-electron chi connectivity index (χ2n) is 14.6. The van der Waals surface area contributed by atoms with Gasteiger partial charge in [0.1, 0.15) is 5.82 Å². The average molecular weight is 867 g/mol. The Morgan fingerprint density at radius 1 is 0.725 bits per heavy atom. The molecule has 0 N–H and O–H groups in total. The Hall–Kier alpha value is -4.44. The summed E-state index contributed by atoms with van der Waals surface area (Å²) in [7, 11) is -2.37. The van der Waals surface area contributed by atoms with E-state index in [2.05, 4.69) is 141 Å². The quantitative estimate of drug-likeness (QED) is 0.118. The minimum Gasteiger partial charge on any atom is -0.355 e. The Morgan fingerprint density at radius 2 is 1.41 bits per heavy atom. The minimum absolute atomic E-state index is 0. The molecule has 4 nitrogen and oxygen atoms in total. The summed E-state index contributed by atoms with van der Waals surface area (Å²) < 4.78 is 26.8. The van der Waals surface area contributed by atoms with Crippen LogP contribution in [-0.4, -0.2) is 31.3 Å². The average Bonchev–Trinajstić information content (AvgIpc) is 3.71. The number of anilines is 3. The molecule has 258 valence electrons. The van der Waals surface area contributed by atoms with E-state index in [-0.39, 0.29) is 27.7 Å². The van der Waals surface area contributed by atoms with Crippen molar-refractivity contribution in [3.63, 3.8) is 0 Å². The molecule has 51 heavy (non-hydrogen) atoms. The Balaban J connectivity index is 0.00000450. The molecule has 0 saturated heterocycles. The fraction of sp³-hybridized carbons (Fsp3) is 0.222. The van der Waals surface area contributed by atoms with E-state index in [0.717, 1.165) is 44.0 Å². The maximum Gasteiger partial charge on any atom is 2.00 e. The molecule has 0 unspecified atom stereocenters. The van der Waals surface area contributed by atoms with E-state index in [1.807, 2.05) is 36.5 Å². The largest absolute Gasteiger partial charge is 2.00 e. The smallest absolute Gasteiger partial charge is 0.355 e. The maximum absolute atomic E-state index is 8.18. The molecule has 8 rings (SSSR count). The van der Waals surface area contributed by atoms with Crippen molar-refractivity contribution in [2.24, 2.45) is 0 Å². The zero-order valence-electron chi connectivity index (χ0n) is 32.9. The molecule has 0 atom stereocenters. The second-order valence-corrected chi connectivity index (χ2v) is 18.9. The van der Waals surface area contributed by atoms with E-state index >= 15 is 0 Å². The molecule has 0 saturated carbocycles. The fourth-order valence-corrected chi connectivity index (χ4v) is 9.79. The molecule has 0 amide bonds. The number of benzene rings is 5. The molecule has 0 fully saturated rings. The zero-order chi connectivity index (χ0) is 37.2. The van der Waals surface area contributed by atoms with Gasteiger partial charge in [-0.1, -0.05) is 101 Å². The molecule has 7 aromatic rings. The van der Waals surface area contributed by atoms with Crippen LogP contribution < -0.4 is 20.2 Å². The maximum atomic E-state index is 8.18. The molecule has 0 radical (unpaired) electrons. The molecule has 0 spiro atoms. The predicted octanol–water partition coefficient (Wildman–Crippen LogP) is 10.1. The molecular formula is C45H44N4PtSi. The van der Waals surface area contributed by atoms with Crippen LogP contribution in [0.2, 0.25) is 13.1 Å². The molecule has 2 aromatic heterocycles. The van der Waals surface area contributed by atoms with Crippen LogP contribution in [0.5, 0.6) is 0 Å². The SMILES string of the molecule is [2H]C([2H])([2H])N1CN(c2[c-]c([Si](C)(C)c3[c-]c4c(cc3)c3ccccc3n4-c3cc(-c4c(C(C)C)cccc4C(C)C)ccn3)ccc2)c2ccccc21.[Pt+2]. The van der Waals surface area contributed by atoms with Crippen molar-refractivity contribution in [3.8, 4) is 16.9 Å². The van der Waals surface area contributed by atoms with Crippen molar-refractivity contribution in [1.82, 2.24) is 9.55 Å². The number of rotatable bonds is 7. The van der Waals surface area contributed by atoms with Crippen molar-refractivity contribution in [2.45, 2.75) is 52.6 Å². The summed E-state index contributed by atoms with van der Waals surface area (Å²) in [5.41, 5.74) is 9.72. The third kappa shape index (κ3) is 5.95. The van der Waals surface area contributed by atoms with Gasteiger partial charge in [-0.3, -0.25) is 0 Å². The molecule has 1 aliphatic rings. The van der Waals surface area contributed by atoms with E-state index in [9.17, 15) is 0 Å². The van der Waals surface area contributed by atoms with Crippen LogP contribution in [0.3, 0.4) is 0 Å². The Bertz CT molecular complexity index is 2480. The van der Waals surface area contributed by atoms with Crippen LogP contribution >= 0.6 is 0 Å². The molecule has 3 heterocycles. The van der Waals surface area contributed by atoms with Crippen molar-refractivity contribution in [2.75, 3.05) is 23.4 Å². The van der Waals surface area contributed by atoms with E-state index in [1.165, 1.54) is 32.5 Å². The molecule has 5 aromatic carbocycles. The van der Waals surface area contributed by atoms with Gasteiger partial charge >= 0.3 is 21.1 Å². The summed E-state index contributed by atoms with van der Waals surface area (Å²) in [4.78, 5) is 8.55. The van der Waals surface area contributed by atoms with Crippen LogP contribution in [0.1, 0.15) is 54.8 Å². The monoisotopic (exact) mass is 866 g/mol. The van der Waals surface area contributed by atoms with Crippen molar-refractivity contribution >= 4 is 57.3 Å². The Labute approximate surface area is 322 Å². The van der Waals surface area contributed by atoms with Gasteiger partial charge in [-0.05, 0) is 69.8 Å². The van der Waals surface area contributed by atoms with E-state index in [1.54, 1.807) is 0 Å². The number of aromatic nitrogens is 2. The summed E-state index contributed by atoms with van der Waals surface area (Å²) >= 11 is 0. The first-order chi connectivity index (χ1) is 25.3. The van der Waals surface area contributed by atoms with Gasteiger partial charge in [-0.2, -0.15) is 46.8 Å². The number of fused-ring (bicyclic) bond motifs is 4. The summed E-state index contributed by atoms with van der Waals surface area (Å²) in [6.45, 7) is 11.7. The first-order valence-corrected chi connectivity index (χ1v) is 20.6. The summed E-state index contributed by atoms with van der Waals surface area (Å²) in [5, 5.41) is 4.60. The van der Waals surface area contributed by atoms with Crippen molar-refractivity contribution in [1.29, 1.82) is 0 Å². The number of nitrogens with zero attached hydrogens (tertiary/aromatic N) is 4. The van der Waals surface area contributed by atoms with Crippen LogP contribution in [0.4, 0.5) is 17.1 Å².